The standard InChI is InChI=1S/C24H33NO5/c1-2-3-4-5-6-7-8-21-9-13-23(14-10-21)29-19-17-28-18-20-30-24-15-11-22(12-16-24)25(26)27/h9-16H,2-8,17-20H2,1H3. The third kappa shape index (κ3) is 9.74. The van der Waals surface area contributed by atoms with Gasteiger partial charge in [0.15, 0.2) is 0 Å². The Hall–Kier alpha value is -2.60. The second-order valence-corrected chi connectivity index (χ2v) is 7.22. The summed E-state index contributed by atoms with van der Waals surface area (Å²) in [6.45, 7) is 4.01. The van der Waals surface area contributed by atoms with Gasteiger partial charge in [0.2, 0.25) is 0 Å². The number of ether oxygens (including phenoxy) is 3. The van der Waals surface area contributed by atoms with Crippen molar-refractivity contribution in [2.45, 2.75) is 51.9 Å². The lowest BCUT2D eigenvalue weighted by atomic mass is 10.0. The minimum Gasteiger partial charge on any atom is -0.491 e. The molecule has 0 fully saturated rings. The van der Waals surface area contributed by atoms with E-state index in [-0.39, 0.29) is 5.69 Å². The Balaban J connectivity index is 1.49. The third-order valence-corrected chi connectivity index (χ3v) is 4.78. The van der Waals surface area contributed by atoms with E-state index in [4.69, 9.17) is 14.2 Å². The van der Waals surface area contributed by atoms with E-state index in [1.165, 1.54) is 56.2 Å². The molecule has 2 aromatic carbocycles. The third-order valence-electron chi connectivity index (χ3n) is 4.78. The molecule has 164 valence electrons. The summed E-state index contributed by atoms with van der Waals surface area (Å²) in [5.74, 6) is 1.44. The molecule has 0 aliphatic heterocycles. The van der Waals surface area contributed by atoms with Crippen LogP contribution in [0.4, 0.5) is 5.69 Å². The number of nitrogens with zero attached hydrogens (tertiary/aromatic N) is 1. The maximum absolute atomic E-state index is 10.6. The topological polar surface area (TPSA) is 70.8 Å². The maximum Gasteiger partial charge on any atom is 0.269 e. The molecule has 0 aliphatic rings. The predicted octanol–water partition coefficient (Wildman–Crippen LogP) is 5.97. The highest BCUT2D eigenvalue weighted by atomic mass is 16.6. The zero-order chi connectivity index (χ0) is 21.4. The van der Waals surface area contributed by atoms with Crippen molar-refractivity contribution in [3.63, 3.8) is 0 Å². The summed E-state index contributed by atoms with van der Waals surface area (Å²) in [6.07, 6.45) is 9.03. The van der Waals surface area contributed by atoms with Gasteiger partial charge in [-0.3, -0.25) is 10.1 Å². The number of nitro groups is 1. The predicted molar refractivity (Wildman–Crippen MR) is 118 cm³/mol. The molecule has 6 nitrogen and oxygen atoms in total. The Morgan fingerprint density at radius 2 is 1.27 bits per heavy atom. The average Bonchev–Trinajstić information content (AvgIpc) is 2.76. The smallest absolute Gasteiger partial charge is 0.269 e. The molecule has 0 saturated heterocycles. The molecule has 2 aromatic rings. The van der Waals surface area contributed by atoms with E-state index in [0.29, 0.717) is 32.2 Å². The van der Waals surface area contributed by atoms with Crippen LogP contribution in [0.5, 0.6) is 11.5 Å². The van der Waals surface area contributed by atoms with E-state index in [9.17, 15) is 10.1 Å². The monoisotopic (exact) mass is 415 g/mol. The van der Waals surface area contributed by atoms with E-state index >= 15 is 0 Å². The quantitative estimate of drug-likeness (QED) is 0.192. The minimum atomic E-state index is -0.434. The zero-order valence-corrected chi connectivity index (χ0v) is 17.9. The van der Waals surface area contributed by atoms with Crippen molar-refractivity contribution in [1.82, 2.24) is 0 Å². The molecule has 0 atom stereocenters. The largest absolute Gasteiger partial charge is 0.491 e. The van der Waals surface area contributed by atoms with Crippen molar-refractivity contribution in [2.75, 3.05) is 26.4 Å². The fourth-order valence-corrected chi connectivity index (χ4v) is 3.06. The number of benzene rings is 2. The van der Waals surface area contributed by atoms with Crippen molar-refractivity contribution in [3.05, 3.63) is 64.2 Å². The van der Waals surface area contributed by atoms with E-state index in [2.05, 4.69) is 19.1 Å². The van der Waals surface area contributed by atoms with Crippen LogP contribution in [0.1, 0.15) is 51.0 Å². The molecule has 30 heavy (non-hydrogen) atoms. The van der Waals surface area contributed by atoms with Crippen LogP contribution in [0.3, 0.4) is 0 Å². The number of non-ortho nitro benzene ring substituents is 1. The minimum absolute atomic E-state index is 0.0474. The molecule has 0 bridgehead atoms. The van der Waals surface area contributed by atoms with Crippen molar-refractivity contribution in [2.24, 2.45) is 0 Å². The lowest BCUT2D eigenvalue weighted by Gasteiger charge is -2.09. The molecule has 0 radical (unpaired) electrons. The summed E-state index contributed by atoms with van der Waals surface area (Å²) < 4.78 is 16.7. The van der Waals surface area contributed by atoms with Gasteiger partial charge in [0.05, 0.1) is 18.1 Å². The fourth-order valence-electron chi connectivity index (χ4n) is 3.06. The van der Waals surface area contributed by atoms with Gasteiger partial charge in [-0.05, 0) is 42.7 Å². The molecule has 0 N–H and O–H groups in total. The second-order valence-electron chi connectivity index (χ2n) is 7.22. The zero-order valence-electron chi connectivity index (χ0n) is 17.9. The average molecular weight is 416 g/mol. The molecule has 2 rings (SSSR count). The Morgan fingerprint density at radius 1 is 0.733 bits per heavy atom. The van der Waals surface area contributed by atoms with E-state index in [1.54, 1.807) is 12.1 Å². The van der Waals surface area contributed by atoms with Crippen molar-refractivity contribution in [1.29, 1.82) is 0 Å². The molecule has 0 spiro atoms. The van der Waals surface area contributed by atoms with Gasteiger partial charge in [-0.15, -0.1) is 0 Å². The van der Waals surface area contributed by atoms with Crippen LogP contribution < -0.4 is 9.47 Å². The summed E-state index contributed by atoms with van der Waals surface area (Å²) in [7, 11) is 0. The Kier molecular flexibility index (Phi) is 11.4. The van der Waals surface area contributed by atoms with Gasteiger partial charge in [0.1, 0.15) is 24.7 Å². The molecule has 0 saturated carbocycles. The molecular formula is C24H33NO5. The summed E-state index contributed by atoms with van der Waals surface area (Å²) >= 11 is 0. The van der Waals surface area contributed by atoms with Crippen molar-refractivity contribution < 1.29 is 19.1 Å². The summed E-state index contributed by atoms with van der Waals surface area (Å²) in [5, 5.41) is 10.6. The number of nitro benzene ring substituents is 1. The van der Waals surface area contributed by atoms with Crippen molar-refractivity contribution >= 4 is 5.69 Å². The number of hydrogen-bond donors (Lipinski definition) is 0. The highest BCUT2D eigenvalue weighted by Gasteiger charge is 2.04. The molecule has 0 amide bonds. The van der Waals surface area contributed by atoms with Crippen LogP contribution in [0.2, 0.25) is 0 Å². The van der Waals surface area contributed by atoms with E-state index in [0.717, 1.165) is 12.2 Å². The molecule has 0 heterocycles. The van der Waals surface area contributed by atoms with E-state index in [1.807, 2.05) is 12.1 Å². The van der Waals surface area contributed by atoms with Gasteiger partial charge >= 0.3 is 0 Å². The van der Waals surface area contributed by atoms with Gasteiger partial charge in [0.25, 0.3) is 5.69 Å². The van der Waals surface area contributed by atoms with Gasteiger partial charge in [-0.25, -0.2) is 0 Å². The van der Waals surface area contributed by atoms with Gasteiger partial charge in [-0.1, -0.05) is 51.2 Å². The summed E-state index contributed by atoms with van der Waals surface area (Å²) in [5.41, 5.74) is 1.41. The SMILES string of the molecule is CCCCCCCCc1ccc(OCCOCCOc2ccc([N+](=O)[O-])cc2)cc1. The Morgan fingerprint density at radius 3 is 1.83 bits per heavy atom. The molecular weight excluding hydrogens is 382 g/mol. The first kappa shape index (κ1) is 23.7. The summed E-state index contributed by atoms with van der Waals surface area (Å²) in [4.78, 5) is 10.2. The van der Waals surface area contributed by atoms with Crippen LogP contribution in [0, 0.1) is 10.1 Å². The van der Waals surface area contributed by atoms with Gasteiger partial charge < -0.3 is 14.2 Å². The van der Waals surface area contributed by atoms with Gasteiger partial charge in [0, 0.05) is 12.1 Å². The number of hydrogen-bond acceptors (Lipinski definition) is 5. The molecule has 0 unspecified atom stereocenters. The number of aryl methyl sites for hydroxylation is 1. The van der Waals surface area contributed by atoms with Crippen LogP contribution >= 0.6 is 0 Å². The van der Waals surface area contributed by atoms with Crippen molar-refractivity contribution in [3.8, 4) is 11.5 Å². The first-order valence-corrected chi connectivity index (χ1v) is 10.9. The lowest BCUT2D eigenvalue weighted by Crippen LogP contribution is -2.12. The summed E-state index contributed by atoms with van der Waals surface area (Å²) in [6, 6.07) is 14.3. The molecule has 0 aromatic heterocycles. The Bertz CT molecular complexity index is 715. The highest BCUT2D eigenvalue weighted by Crippen LogP contribution is 2.17. The van der Waals surface area contributed by atoms with Crippen LogP contribution in [0.15, 0.2) is 48.5 Å². The lowest BCUT2D eigenvalue weighted by molar-refractivity contribution is -0.384. The normalized spacial score (nSPS) is 10.7. The Labute approximate surface area is 179 Å². The number of unbranched alkanes of at least 4 members (excludes halogenated alkanes) is 5. The van der Waals surface area contributed by atoms with Crippen LogP contribution in [0.25, 0.3) is 0 Å². The van der Waals surface area contributed by atoms with Crippen LogP contribution in [-0.2, 0) is 11.2 Å². The first-order chi connectivity index (χ1) is 14.7. The second kappa shape index (κ2) is 14.4. The molecule has 6 heteroatoms. The highest BCUT2D eigenvalue weighted by molar-refractivity contribution is 5.35. The molecule has 0 aliphatic carbocycles. The van der Waals surface area contributed by atoms with E-state index < -0.39 is 4.92 Å². The van der Waals surface area contributed by atoms with Gasteiger partial charge in [-0.2, -0.15) is 0 Å². The van der Waals surface area contributed by atoms with Crippen LogP contribution in [-0.4, -0.2) is 31.4 Å². The maximum atomic E-state index is 10.6. The first-order valence-electron chi connectivity index (χ1n) is 10.9. The number of rotatable bonds is 16. The fraction of sp³-hybridized carbons (Fsp3) is 0.500.